The summed E-state index contributed by atoms with van der Waals surface area (Å²) in [5.74, 6) is 1.14. The van der Waals surface area contributed by atoms with Crippen LogP contribution in [-0.2, 0) is 6.54 Å². The van der Waals surface area contributed by atoms with Crippen molar-refractivity contribution in [2.24, 2.45) is 0 Å². The molecule has 0 saturated heterocycles. The van der Waals surface area contributed by atoms with Crippen LogP contribution in [-0.4, -0.2) is 17.0 Å². The molecular weight excluding hydrogens is 364 g/mol. The third kappa shape index (κ3) is 4.46. The van der Waals surface area contributed by atoms with E-state index < -0.39 is 0 Å². The van der Waals surface area contributed by atoms with Gasteiger partial charge in [-0.2, -0.15) is 0 Å². The molecule has 1 aromatic heterocycles. The molecule has 1 N–H and O–H groups in total. The van der Waals surface area contributed by atoms with Crippen LogP contribution in [0.3, 0.4) is 0 Å². The fourth-order valence-corrected chi connectivity index (χ4v) is 3.03. The molecule has 5 nitrogen and oxygen atoms in total. The standard InChI is InChI=1S/C24H22N2O3/c1-16(2)28-20-7-5-6-19(14-20)23(27)25-15-17-10-12-18(13-11-17)24-26-21-8-3-4-9-22(21)29-24/h3-14,16H,15H2,1-2H3,(H,25,27). The predicted octanol–water partition coefficient (Wildman–Crippen LogP) is 5.21. The Hall–Kier alpha value is -3.60. The van der Waals surface area contributed by atoms with Gasteiger partial charge in [0, 0.05) is 17.7 Å². The summed E-state index contributed by atoms with van der Waals surface area (Å²) in [6.45, 7) is 4.34. The van der Waals surface area contributed by atoms with Crippen LogP contribution in [0.15, 0.2) is 77.2 Å². The Morgan fingerprint density at radius 1 is 1.03 bits per heavy atom. The zero-order chi connectivity index (χ0) is 20.2. The van der Waals surface area contributed by atoms with Crippen molar-refractivity contribution in [3.63, 3.8) is 0 Å². The molecule has 0 aliphatic rings. The number of nitrogens with one attached hydrogen (secondary N) is 1. The van der Waals surface area contributed by atoms with Gasteiger partial charge in [0.25, 0.3) is 5.91 Å². The van der Waals surface area contributed by atoms with E-state index in [9.17, 15) is 4.79 Å². The Bertz CT molecular complexity index is 1100. The first-order valence-corrected chi connectivity index (χ1v) is 9.58. The van der Waals surface area contributed by atoms with Gasteiger partial charge in [-0.1, -0.05) is 30.3 Å². The third-order valence-corrected chi connectivity index (χ3v) is 4.42. The number of hydrogen-bond acceptors (Lipinski definition) is 4. The smallest absolute Gasteiger partial charge is 0.251 e. The van der Waals surface area contributed by atoms with Crippen LogP contribution in [0.2, 0.25) is 0 Å². The monoisotopic (exact) mass is 386 g/mol. The summed E-state index contributed by atoms with van der Waals surface area (Å²) in [6.07, 6.45) is 0.0630. The summed E-state index contributed by atoms with van der Waals surface area (Å²) < 4.78 is 11.4. The highest BCUT2D eigenvalue weighted by atomic mass is 16.5. The molecule has 1 heterocycles. The number of oxazole rings is 1. The summed E-state index contributed by atoms with van der Waals surface area (Å²) in [4.78, 5) is 17.0. The molecule has 4 rings (SSSR count). The van der Waals surface area contributed by atoms with Gasteiger partial charge in [-0.25, -0.2) is 4.98 Å². The molecule has 29 heavy (non-hydrogen) atoms. The maximum atomic E-state index is 12.5. The van der Waals surface area contributed by atoms with Crippen molar-refractivity contribution in [2.75, 3.05) is 0 Å². The minimum absolute atomic E-state index is 0.0630. The zero-order valence-electron chi connectivity index (χ0n) is 16.4. The number of carbonyl (C=O) groups excluding carboxylic acids is 1. The van der Waals surface area contributed by atoms with Gasteiger partial charge in [0.15, 0.2) is 5.58 Å². The van der Waals surface area contributed by atoms with Gasteiger partial charge in [-0.15, -0.1) is 0 Å². The Labute approximate surface area is 169 Å². The number of hydrogen-bond donors (Lipinski definition) is 1. The molecule has 0 spiro atoms. The van der Waals surface area contributed by atoms with E-state index in [1.54, 1.807) is 12.1 Å². The average Bonchev–Trinajstić information content (AvgIpc) is 3.16. The lowest BCUT2D eigenvalue weighted by Gasteiger charge is -2.11. The van der Waals surface area contributed by atoms with Gasteiger partial charge in [-0.3, -0.25) is 4.79 Å². The van der Waals surface area contributed by atoms with Crippen molar-refractivity contribution in [3.05, 3.63) is 83.9 Å². The Morgan fingerprint density at radius 3 is 2.59 bits per heavy atom. The molecule has 0 unspecified atom stereocenters. The van der Waals surface area contributed by atoms with Gasteiger partial charge >= 0.3 is 0 Å². The quantitative estimate of drug-likeness (QED) is 0.494. The number of nitrogens with zero attached hydrogens (tertiary/aromatic N) is 1. The van der Waals surface area contributed by atoms with Crippen molar-refractivity contribution >= 4 is 17.0 Å². The minimum atomic E-state index is -0.137. The molecule has 3 aromatic carbocycles. The zero-order valence-corrected chi connectivity index (χ0v) is 16.4. The van der Waals surface area contributed by atoms with Crippen molar-refractivity contribution in [1.82, 2.24) is 10.3 Å². The van der Waals surface area contributed by atoms with E-state index in [4.69, 9.17) is 9.15 Å². The van der Waals surface area contributed by atoms with Crippen LogP contribution in [0.4, 0.5) is 0 Å². The van der Waals surface area contributed by atoms with E-state index in [1.807, 2.05) is 74.5 Å². The maximum absolute atomic E-state index is 12.5. The van der Waals surface area contributed by atoms with Crippen molar-refractivity contribution in [2.45, 2.75) is 26.5 Å². The molecule has 1 amide bonds. The van der Waals surface area contributed by atoms with Crippen LogP contribution < -0.4 is 10.1 Å². The van der Waals surface area contributed by atoms with Crippen molar-refractivity contribution in [3.8, 4) is 17.2 Å². The van der Waals surface area contributed by atoms with Gasteiger partial charge in [0.05, 0.1) is 6.10 Å². The Kier molecular flexibility index (Phi) is 5.29. The first-order valence-electron chi connectivity index (χ1n) is 9.58. The second-order valence-electron chi connectivity index (χ2n) is 7.06. The number of para-hydroxylation sites is 2. The largest absolute Gasteiger partial charge is 0.491 e. The SMILES string of the molecule is CC(C)Oc1cccc(C(=O)NCc2ccc(-c3nc4ccccc4o3)cc2)c1. The highest BCUT2D eigenvalue weighted by Crippen LogP contribution is 2.24. The number of fused-ring (bicyclic) bond motifs is 1. The molecule has 4 aromatic rings. The number of benzene rings is 3. The van der Waals surface area contributed by atoms with Gasteiger partial charge in [-0.05, 0) is 61.9 Å². The summed E-state index contributed by atoms with van der Waals surface area (Å²) in [5.41, 5.74) is 4.07. The molecule has 0 atom stereocenters. The lowest BCUT2D eigenvalue weighted by atomic mass is 10.1. The molecule has 0 fully saturated rings. The summed E-state index contributed by atoms with van der Waals surface area (Å²) in [5, 5.41) is 2.94. The van der Waals surface area contributed by atoms with Crippen molar-refractivity contribution < 1.29 is 13.9 Å². The van der Waals surface area contributed by atoms with E-state index in [1.165, 1.54) is 0 Å². The van der Waals surface area contributed by atoms with E-state index in [2.05, 4.69) is 10.3 Å². The van der Waals surface area contributed by atoms with Crippen LogP contribution in [0, 0.1) is 0 Å². The molecule has 0 aliphatic carbocycles. The van der Waals surface area contributed by atoms with Crippen LogP contribution in [0.5, 0.6) is 5.75 Å². The lowest BCUT2D eigenvalue weighted by molar-refractivity contribution is 0.0950. The summed E-state index contributed by atoms with van der Waals surface area (Å²) in [6, 6.07) is 22.7. The second-order valence-corrected chi connectivity index (χ2v) is 7.06. The number of ether oxygens (including phenoxy) is 1. The first kappa shape index (κ1) is 18.7. The number of rotatable bonds is 6. The van der Waals surface area contributed by atoms with E-state index in [-0.39, 0.29) is 12.0 Å². The fraction of sp³-hybridized carbons (Fsp3) is 0.167. The number of amides is 1. The molecule has 5 heteroatoms. The van der Waals surface area contributed by atoms with Gasteiger partial charge in [0.2, 0.25) is 5.89 Å². The highest BCUT2D eigenvalue weighted by molar-refractivity contribution is 5.94. The van der Waals surface area contributed by atoms with Crippen LogP contribution in [0.25, 0.3) is 22.6 Å². The topological polar surface area (TPSA) is 64.4 Å². The Balaban J connectivity index is 1.41. The first-order chi connectivity index (χ1) is 14.1. The molecule has 146 valence electrons. The van der Waals surface area contributed by atoms with Crippen LogP contribution >= 0.6 is 0 Å². The van der Waals surface area contributed by atoms with Gasteiger partial charge in [0.1, 0.15) is 11.3 Å². The van der Waals surface area contributed by atoms with E-state index in [0.717, 1.165) is 22.2 Å². The average molecular weight is 386 g/mol. The van der Waals surface area contributed by atoms with Crippen LogP contribution in [0.1, 0.15) is 29.8 Å². The van der Waals surface area contributed by atoms with Gasteiger partial charge < -0.3 is 14.5 Å². The predicted molar refractivity (Wildman–Crippen MR) is 113 cm³/mol. The van der Waals surface area contributed by atoms with E-state index >= 15 is 0 Å². The Morgan fingerprint density at radius 2 is 1.83 bits per heavy atom. The highest BCUT2D eigenvalue weighted by Gasteiger charge is 2.09. The third-order valence-electron chi connectivity index (χ3n) is 4.42. The van der Waals surface area contributed by atoms with Crippen molar-refractivity contribution in [1.29, 1.82) is 0 Å². The molecule has 0 saturated carbocycles. The summed E-state index contributed by atoms with van der Waals surface area (Å²) in [7, 11) is 0. The normalized spacial score (nSPS) is 11.0. The number of aromatic nitrogens is 1. The molecule has 0 aliphatic heterocycles. The number of carbonyl (C=O) groups is 1. The van der Waals surface area contributed by atoms with E-state index in [0.29, 0.717) is 23.7 Å². The fourth-order valence-electron chi connectivity index (χ4n) is 3.03. The molecule has 0 bridgehead atoms. The minimum Gasteiger partial charge on any atom is -0.491 e. The maximum Gasteiger partial charge on any atom is 0.251 e. The molecular formula is C24H22N2O3. The summed E-state index contributed by atoms with van der Waals surface area (Å²) >= 11 is 0. The second kappa shape index (κ2) is 8.19. The lowest BCUT2D eigenvalue weighted by Crippen LogP contribution is -2.22. The molecule has 0 radical (unpaired) electrons.